The van der Waals surface area contributed by atoms with E-state index in [0.29, 0.717) is 16.8 Å². The molecule has 0 unspecified atom stereocenters. The molecule has 2 amide bonds. The zero-order chi connectivity index (χ0) is 25.7. The van der Waals surface area contributed by atoms with Crippen LogP contribution in [-0.4, -0.2) is 29.8 Å². The molecule has 36 heavy (non-hydrogen) atoms. The second kappa shape index (κ2) is 10.3. The molecule has 1 heterocycles. The molecular weight excluding hydrogens is 466 g/mol. The molecule has 1 fully saturated rings. The van der Waals surface area contributed by atoms with Crippen molar-refractivity contribution in [2.75, 3.05) is 12.1 Å². The molecule has 3 aromatic rings. The van der Waals surface area contributed by atoms with Crippen LogP contribution >= 0.6 is 0 Å². The maximum atomic E-state index is 12.8. The van der Waals surface area contributed by atoms with Gasteiger partial charge in [-0.2, -0.15) is 0 Å². The summed E-state index contributed by atoms with van der Waals surface area (Å²) in [6, 6.07) is 19.0. The van der Waals surface area contributed by atoms with Gasteiger partial charge in [0.15, 0.2) is 11.5 Å². The molecule has 1 N–H and O–H groups in total. The predicted molar refractivity (Wildman–Crippen MR) is 131 cm³/mol. The van der Waals surface area contributed by atoms with Crippen LogP contribution < -0.4 is 19.9 Å². The van der Waals surface area contributed by atoms with E-state index in [1.54, 1.807) is 42.5 Å². The molecule has 10 heteroatoms. The SMILES string of the molecule is COc1cc(/C=C2/C(=O)NN(c3ccccc3)C2=O)ccc1OC(=O)/C=C/c1cccc([N+](=O)[O-])c1. The molecule has 10 nitrogen and oxygen atoms in total. The number of rotatable bonds is 7. The molecule has 0 aliphatic carbocycles. The van der Waals surface area contributed by atoms with Crippen LogP contribution in [0.4, 0.5) is 11.4 Å². The number of nitrogens with one attached hydrogen (secondary N) is 1. The number of carbonyl (C=O) groups is 3. The Hall–Kier alpha value is -5.25. The third-order valence-corrected chi connectivity index (χ3v) is 5.11. The number of para-hydroxylation sites is 1. The number of non-ortho nitro benzene ring substituents is 1. The van der Waals surface area contributed by atoms with Gasteiger partial charge in [0.05, 0.1) is 17.7 Å². The molecule has 0 saturated carbocycles. The van der Waals surface area contributed by atoms with Crippen molar-refractivity contribution in [1.82, 2.24) is 5.43 Å². The van der Waals surface area contributed by atoms with Gasteiger partial charge in [0.1, 0.15) is 5.57 Å². The summed E-state index contributed by atoms with van der Waals surface area (Å²) in [5, 5.41) is 12.0. The molecular formula is C26H19N3O7. The molecule has 0 spiro atoms. The Balaban J connectivity index is 1.49. The Morgan fingerprint density at radius 3 is 2.47 bits per heavy atom. The Labute approximate surface area is 205 Å². The van der Waals surface area contributed by atoms with Crippen molar-refractivity contribution in [3.05, 3.63) is 106 Å². The Bertz CT molecular complexity index is 1410. The standard InChI is InChI=1S/C26H19N3O7/c1-35-23-16-18(15-21-25(31)27-28(26(21)32)19-7-3-2-4-8-19)10-12-22(23)36-24(30)13-11-17-6-5-9-20(14-17)29(33)34/h2-16H,1H3,(H,27,31)/b13-11+,21-15-. The van der Waals surface area contributed by atoms with Gasteiger partial charge in [-0.3, -0.25) is 25.1 Å². The zero-order valence-corrected chi connectivity index (χ0v) is 18.9. The number of esters is 1. The van der Waals surface area contributed by atoms with Gasteiger partial charge in [-0.05, 0) is 47.5 Å². The highest BCUT2D eigenvalue weighted by atomic mass is 16.6. The van der Waals surface area contributed by atoms with E-state index in [2.05, 4.69) is 5.43 Å². The normalized spacial score (nSPS) is 14.2. The fourth-order valence-electron chi connectivity index (χ4n) is 3.39. The molecule has 0 bridgehead atoms. The number of hydrogen-bond acceptors (Lipinski definition) is 7. The smallest absolute Gasteiger partial charge is 0.336 e. The summed E-state index contributed by atoms with van der Waals surface area (Å²) in [6.07, 6.45) is 3.94. The minimum atomic E-state index is -0.727. The second-order valence-electron chi connectivity index (χ2n) is 7.49. The van der Waals surface area contributed by atoms with Crippen molar-refractivity contribution in [3.63, 3.8) is 0 Å². The first-order valence-corrected chi connectivity index (χ1v) is 10.6. The minimum Gasteiger partial charge on any atom is -0.493 e. The first-order chi connectivity index (χ1) is 17.4. The average Bonchev–Trinajstić information content (AvgIpc) is 3.17. The summed E-state index contributed by atoms with van der Waals surface area (Å²) in [7, 11) is 1.38. The van der Waals surface area contributed by atoms with E-state index in [1.807, 2.05) is 0 Å². The van der Waals surface area contributed by atoms with Gasteiger partial charge in [0.2, 0.25) is 0 Å². The molecule has 0 radical (unpaired) electrons. The van der Waals surface area contributed by atoms with E-state index in [4.69, 9.17) is 9.47 Å². The highest BCUT2D eigenvalue weighted by Gasteiger charge is 2.34. The van der Waals surface area contributed by atoms with E-state index in [1.165, 1.54) is 49.6 Å². The van der Waals surface area contributed by atoms with Crippen LogP contribution in [0.25, 0.3) is 12.2 Å². The van der Waals surface area contributed by atoms with Crippen molar-refractivity contribution in [3.8, 4) is 11.5 Å². The van der Waals surface area contributed by atoms with Gasteiger partial charge < -0.3 is 9.47 Å². The number of carbonyl (C=O) groups excluding carboxylic acids is 3. The van der Waals surface area contributed by atoms with Crippen LogP contribution in [-0.2, 0) is 14.4 Å². The summed E-state index contributed by atoms with van der Waals surface area (Å²) in [6.45, 7) is 0. The van der Waals surface area contributed by atoms with Gasteiger partial charge in [-0.15, -0.1) is 0 Å². The number of anilines is 1. The van der Waals surface area contributed by atoms with E-state index in [9.17, 15) is 24.5 Å². The highest BCUT2D eigenvalue weighted by molar-refractivity contribution is 6.31. The Morgan fingerprint density at radius 2 is 1.75 bits per heavy atom. The van der Waals surface area contributed by atoms with Gasteiger partial charge >= 0.3 is 5.97 Å². The fraction of sp³-hybridized carbons (Fsp3) is 0.0385. The van der Waals surface area contributed by atoms with E-state index >= 15 is 0 Å². The topological polar surface area (TPSA) is 128 Å². The molecule has 3 aromatic carbocycles. The van der Waals surface area contributed by atoms with Crippen LogP contribution in [0.3, 0.4) is 0 Å². The van der Waals surface area contributed by atoms with Gasteiger partial charge in [0, 0.05) is 18.2 Å². The van der Waals surface area contributed by atoms with Crippen LogP contribution in [0.2, 0.25) is 0 Å². The number of nitro benzene ring substituents is 1. The van der Waals surface area contributed by atoms with Crippen molar-refractivity contribution in [2.24, 2.45) is 0 Å². The van der Waals surface area contributed by atoms with Crippen molar-refractivity contribution >= 4 is 41.3 Å². The summed E-state index contributed by atoms with van der Waals surface area (Å²) >= 11 is 0. The number of methoxy groups -OCH3 is 1. The lowest BCUT2D eigenvalue weighted by Gasteiger charge is -2.13. The summed E-state index contributed by atoms with van der Waals surface area (Å²) in [5.41, 5.74) is 3.82. The number of ether oxygens (including phenoxy) is 2. The van der Waals surface area contributed by atoms with E-state index < -0.39 is 22.7 Å². The number of nitrogens with zero attached hydrogens (tertiary/aromatic N) is 2. The lowest BCUT2D eigenvalue weighted by atomic mass is 10.1. The fourth-order valence-corrected chi connectivity index (χ4v) is 3.39. The van der Waals surface area contributed by atoms with Crippen LogP contribution in [0, 0.1) is 10.1 Å². The maximum absolute atomic E-state index is 12.8. The summed E-state index contributed by atoms with van der Waals surface area (Å²) in [5.74, 6) is -1.47. The van der Waals surface area contributed by atoms with Crippen LogP contribution in [0.1, 0.15) is 11.1 Å². The minimum absolute atomic E-state index is 0.0643. The van der Waals surface area contributed by atoms with Crippen LogP contribution in [0.5, 0.6) is 11.5 Å². The molecule has 0 atom stereocenters. The van der Waals surface area contributed by atoms with E-state index in [0.717, 1.165) is 11.1 Å². The number of hydrogen-bond donors (Lipinski definition) is 1. The third kappa shape index (κ3) is 5.28. The average molecular weight is 485 g/mol. The van der Waals surface area contributed by atoms with Gasteiger partial charge in [0.25, 0.3) is 17.5 Å². The molecule has 4 rings (SSSR count). The first-order valence-electron chi connectivity index (χ1n) is 10.6. The van der Waals surface area contributed by atoms with Crippen molar-refractivity contribution in [2.45, 2.75) is 0 Å². The zero-order valence-electron chi connectivity index (χ0n) is 18.9. The van der Waals surface area contributed by atoms with Crippen LogP contribution in [0.15, 0.2) is 84.4 Å². The lowest BCUT2D eigenvalue weighted by molar-refractivity contribution is -0.384. The molecule has 1 aliphatic rings. The monoisotopic (exact) mass is 485 g/mol. The first kappa shape index (κ1) is 23.9. The van der Waals surface area contributed by atoms with E-state index in [-0.39, 0.29) is 22.8 Å². The van der Waals surface area contributed by atoms with Crippen molar-refractivity contribution in [1.29, 1.82) is 0 Å². The molecule has 0 aromatic heterocycles. The Morgan fingerprint density at radius 1 is 0.972 bits per heavy atom. The number of benzene rings is 3. The lowest BCUT2D eigenvalue weighted by Crippen LogP contribution is -2.35. The van der Waals surface area contributed by atoms with Gasteiger partial charge in [-0.1, -0.05) is 36.4 Å². The Kier molecular flexibility index (Phi) is 6.87. The quantitative estimate of drug-likeness (QED) is 0.135. The summed E-state index contributed by atoms with van der Waals surface area (Å²) < 4.78 is 10.6. The molecule has 1 aliphatic heterocycles. The third-order valence-electron chi connectivity index (χ3n) is 5.11. The van der Waals surface area contributed by atoms with Crippen molar-refractivity contribution < 1.29 is 28.8 Å². The number of amides is 2. The largest absolute Gasteiger partial charge is 0.493 e. The van der Waals surface area contributed by atoms with Gasteiger partial charge in [-0.25, -0.2) is 9.80 Å². The number of nitro groups is 1. The number of hydrazine groups is 1. The molecule has 1 saturated heterocycles. The highest BCUT2D eigenvalue weighted by Crippen LogP contribution is 2.30. The second-order valence-corrected chi connectivity index (χ2v) is 7.49. The maximum Gasteiger partial charge on any atom is 0.336 e. The summed E-state index contributed by atoms with van der Waals surface area (Å²) in [4.78, 5) is 47.8. The predicted octanol–water partition coefficient (Wildman–Crippen LogP) is 3.68. The molecule has 180 valence electrons.